The molecule has 200 valence electrons. The Bertz CT molecular complexity index is 1530. The van der Waals surface area contributed by atoms with Crippen LogP contribution in [0.25, 0.3) is 22.2 Å². The van der Waals surface area contributed by atoms with E-state index in [1.54, 1.807) is 24.3 Å². The summed E-state index contributed by atoms with van der Waals surface area (Å²) in [5, 5.41) is 13.2. The first kappa shape index (κ1) is 25.9. The molecule has 2 aliphatic rings. The standard InChI is InChI=1S/C26H24F3N3O5S/c1-15(16-5-6-16)36-25(33)31-18-9-7-17(8-10-18)24-22(14-30)21-12-11-20(37-38(34,35)26(27,28)29)13-23(21)32(24)19-3-2-4-19/h7-13,15-16,19H,2-6H2,1H3,(H,31,33). The summed E-state index contributed by atoms with van der Waals surface area (Å²) in [4.78, 5) is 12.2. The van der Waals surface area contributed by atoms with E-state index in [9.17, 15) is 31.6 Å². The number of nitrogens with zero attached hydrogens (tertiary/aromatic N) is 2. The lowest BCUT2D eigenvalue weighted by Gasteiger charge is -2.30. The minimum absolute atomic E-state index is 0.0271. The molecule has 0 bridgehead atoms. The Kier molecular flexibility index (Phi) is 6.51. The highest BCUT2D eigenvalue weighted by molar-refractivity contribution is 7.88. The van der Waals surface area contributed by atoms with Gasteiger partial charge in [-0.1, -0.05) is 12.1 Å². The molecule has 2 aromatic carbocycles. The number of nitrogens with one attached hydrogen (secondary N) is 1. The quantitative estimate of drug-likeness (QED) is 0.268. The molecule has 12 heteroatoms. The molecule has 1 aromatic heterocycles. The number of carbonyl (C=O) groups is 1. The summed E-state index contributed by atoms with van der Waals surface area (Å²) in [6, 6.07) is 12.7. The van der Waals surface area contributed by atoms with Gasteiger partial charge < -0.3 is 13.5 Å². The molecular weight excluding hydrogens is 523 g/mol. The van der Waals surface area contributed by atoms with E-state index in [0.29, 0.717) is 39.3 Å². The number of fused-ring (bicyclic) bond motifs is 1. The molecule has 0 aliphatic heterocycles. The maximum atomic E-state index is 12.9. The zero-order valence-electron chi connectivity index (χ0n) is 20.3. The van der Waals surface area contributed by atoms with E-state index in [0.717, 1.165) is 38.2 Å². The van der Waals surface area contributed by atoms with Gasteiger partial charge in [0, 0.05) is 23.2 Å². The summed E-state index contributed by atoms with van der Waals surface area (Å²) in [7, 11) is -5.85. The predicted molar refractivity (Wildman–Crippen MR) is 133 cm³/mol. The van der Waals surface area contributed by atoms with E-state index in [1.165, 1.54) is 12.1 Å². The van der Waals surface area contributed by atoms with Gasteiger partial charge in [-0.15, -0.1) is 0 Å². The van der Waals surface area contributed by atoms with Gasteiger partial charge in [0.15, 0.2) is 0 Å². The molecule has 8 nitrogen and oxygen atoms in total. The van der Waals surface area contributed by atoms with Crippen LogP contribution < -0.4 is 9.50 Å². The van der Waals surface area contributed by atoms with Crippen LogP contribution in [-0.2, 0) is 14.9 Å². The molecular formula is C26H24F3N3O5S. The van der Waals surface area contributed by atoms with E-state index in [-0.39, 0.29) is 12.1 Å². The molecule has 1 atom stereocenters. The lowest BCUT2D eigenvalue weighted by molar-refractivity contribution is -0.0500. The first-order chi connectivity index (χ1) is 18.0. The van der Waals surface area contributed by atoms with Gasteiger partial charge in [0.25, 0.3) is 0 Å². The first-order valence-corrected chi connectivity index (χ1v) is 13.6. The van der Waals surface area contributed by atoms with Gasteiger partial charge >= 0.3 is 21.7 Å². The van der Waals surface area contributed by atoms with Gasteiger partial charge in [-0.05, 0) is 74.8 Å². The third kappa shape index (κ3) is 4.90. The second kappa shape index (κ2) is 9.54. The Morgan fingerprint density at radius 1 is 1.13 bits per heavy atom. The van der Waals surface area contributed by atoms with Crippen molar-refractivity contribution >= 4 is 32.8 Å². The normalized spacial score (nSPS) is 16.9. The third-order valence-corrected chi connectivity index (χ3v) is 7.98. The molecule has 38 heavy (non-hydrogen) atoms. The number of hydrogen-bond acceptors (Lipinski definition) is 6. The molecule has 0 spiro atoms. The Morgan fingerprint density at radius 3 is 2.37 bits per heavy atom. The Balaban J connectivity index is 1.50. The number of rotatable bonds is 7. The number of hydrogen-bond donors (Lipinski definition) is 1. The molecule has 0 radical (unpaired) electrons. The van der Waals surface area contributed by atoms with E-state index in [2.05, 4.69) is 15.6 Å². The highest BCUT2D eigenvalue weighted by atomic mass is 32.2. The molecule has 5 rings (SSSR count). The molecule has 2 aliphatic carbocycles. The molecule has 1 amide bonds. The maximum absolute atomic E-state index is 12.9. The van der Waals surface area contributed by atoms with Crippen LogP contribution in [0.2, 0.25) is 0 Å². The maximum Gasteiger partial charge on any atom is 0.534 e. The third-order valence-electron chi connectivity index (χ3n) is 7.00. The van der Waals surface area contributed by atoms with Crippen molar-refractivity contribution in [3.63, 3.8) is 0 Å². The van der Waals surface area contributed by atoms with E-state index < -0.39 is 27.5 Å². The van der Waals surface area contributed by atoms with Gasteiger partial charge in [-0.2, -0.15) is 26.9 Å². The number of anilines is 1. The number of benzene rings is 2. The van der Waals surface area contributed by atoms with Crippen LogP contribution >= 0.6 is 0 Å². The van der Waals surface area contributed by atoms with Crippen molar-refractivity contribution in [3.8, 4) is 23.1 Å². The molecule has 0 saturated heterocycles. The minimum atomic E-state index is -5.85. The van der Waals surface area contributed by atoms with Crippen LogP contribution in [0, 0.1) is 17.2 Å². The van der Waals surface area contributed by atoms with Gasteiger partial charge in [0.2, 0.25) is 0 Å². The second-order valence-corrected chi connectivity index (χ2v) is 11.1. The molecule has 1 unspecified atom stereocenters. The van der Waals surface area contributed by atoms with Crippen molar-refractivity contribution in [3.05, 3.63) is 48.0 Å². The van der Waals surface area contributed by atoms with Crippen molar-refractivity contribution in [1.82, 2.24) is 4.57 Å². The zero-order valence-corrected chi connectivity index (χ0v) is 21.1. The number of alkyl halides is 3. The fourth-order valence-electron chi connectivity index (χ4n) is 4.63. The fourth-order valence-corrected chi connectivity index (χ4v) is 5.08. The average molecular weight is 548 g/mol. The lowest BCUT2D eigenvalue weighted by atomic mass is 9.92. The van der Waals surface area contributed by atoms with Crippen molar-refractivity contribution in [2.24, 2.45) is 5.92 Å². The number of nitriles is 1. The van der Waals surface area contributed by atoms with Crippen molar-refractivity contribution in [1.29, 1.82) is 5.26 Å². The monoisotopic (exact) mass is 547 g/mol. The number of carbonyl (C=O) groups excluding carboxylic acids is 1. The average Bonchev–Trinajstić information content (AvgIpc) is 3.61. The zero-order chi connectivity index (χ0) is 27.2. The van der Waals surface area contributed by atoms with Crippen LogP contribution in [0.3, 0.4) is 0 Å². The fraction of sp³-hybridized carbons (Fsp3) is 0.385. The van der Waals surface area contributed by atoms with Crippen LogP contribution in [0.1, 0.15) is 50.6 Å². The van der Waals surface area contributed by atoms with Gasteiger partial charge in [0.1, 0.15) is 17.9 Å². The van der Waals surface area contributed by atoms with Gasteiger partial charge in [0.05, 0.1) is 16.8 Å². The summed E-state index contributed by atoms with van der Waals surface area (Å²) in [5.41, 5.74) is -3.16. The molecule has 2 fully saturated rings. The highest BCUT2D eigenvalue weighted by Crippen LogP contribution is 2.44. The summed E-state index contributed by atoms with van der Waals surface area (Å²) < 4.78 is 73.3. The van der Waals surface area contributed by atoms with Gasteiger partial charge in [-0.25, -0.2) is 4.79 Å². The van der Waals surface area contributed by atoms with Gasteiger partial charge in [-0.3, -0.25) is 5.32 Å². The number of amides is 1. The number of ether oxygens (including phenoxy) is 1. The molecule has 2 saturated carbocycles. The Labute approximate surface area is 217 Å². The summed E-state index contributed by atoms with van der Waals surface area (Å²) >= 11 is 0. The van der Waals surface area contributed by atoms with E-state index in [1.807, 2.05) is 11.5 Å². The molecule has 1 heterocycles. The van der Waals surface area contributed by atoms with Crippen molar-refractivity contribution < 1.29 is 35.3 Å². The Morgan fingerprint density at radius 2 is 1.82 bits per heavy atom. The summed E-state index contributed by atoms with van der Waals surface area (Å²) in [5.74, 6) is -0.0946. The first-order valence-electron chi connectivity index (χ1n) is 12.2. The molecule has 1 N–H and O–H groups in total. The Hall–Kier alpha value is -3.72. The second-order valence-electron chi connectivity index (χ2n) is 9.60. The SMILES string of the molecule is CC(OC(=O)Nc1ccc(-c2c(C#N)c3ccc(OS(=O)(=O)C(F)(F)F)cc3n2C2CCC2)cc1)C1CC1. The van der Waals surface area contributed by atoms with Crippen LogP contribution in [0.5, 0.6) is 5.75 Å². The number of halogens is 3. The van der Waals surface area contributed by atoms with Crippen molar-refractivity contribution in [2.75, 3.05) is 5.32 Å². The summed E-state index contributed by atoms with van der Waals surface area (Å²) in [6.45, 7) is 1.86. The van der Waals surface area contributed by atoms with E-state index in [4.69, 9.17) is 4.74 Å². The van der Waals surface area contributed by atoms with Crippen molar-refractivity contribution in [2.45, 2.75) is 56.7 Å². The van der Waals surface area contributed by atoms with Crippen LogP contribution in [0.4, 0.5) is 23.7 Å². The van der Waals surface area contributed by atoms with Crippen LogP contribution in [-0.4, -0.2) is 30.7 Å². The smallest absolute Gasteiger partial charge is 0.446 e. The topological polar surface area (TPSA) is 110 Å². The lowest BCUT2D eigenvalue weighted by Crippen LogP contribution is -2.28. The summed E-state index contributed by atoms with van der Waals surface area (Å²) in [6.07, 6.45) is 3.90. The highest BCUT2D eigenvalue weighted by Gasteiger charge is 2.48. The van der Waals surface area contributed by atoms with Crippen LogP contribution in [0.15, 0.2) is 42.5 Å². The number of aromatic nitrogens is 1. The molecule has 3 aromatic rings. The predicted octanol–water partition coefficient (Wildman–Crippen LogP) is 6.48. The largest absolute Gasteiger partial charge is 0.534 e. The minimum Gasteiger partial charge on any atom is -0.446 e. The van der Waals surface area contributed by atoms with E-state index >= 15 is 0 Å².